The van der Waals surface area contributed by atoms with E-state index in [1.54, 1.807) is 11.1 Å². The second-order valence-electron chi connectivity index (χ2n) is 7.55. The van der Waals surface area contributed by atoms with E-state index >= 15 is 0 Å². The molecule has 7 heteroatoms. The molecule has 4 nitrogen and oxygen atoms in total. The summed E-state index contributed by atoms with van der Waals surface area (Å²) in [4.78, 5) is 18.8. The number of para-hydroxylation sites is 1. The van der Waals surface area contributed by atoms with Gasteiger partial charge >= 0.3 is 6.18 Å². The number of ether oxygens (including phenoxy) is 1. The van der Waals surface area contributed by atoms with E-state index < -0.39 is 18.3 Å². The summed E-state index contributed by atoms with van der Waals surface area (Å²) in [6.07, 6.45) is 0.974. The molecule has 0 radical (unpaired) electrons. The average Bonchev–Trinajstić information content (AvgIpc) is 2.98. The number of amides is 1. The average molecular weight is 402 g/mol. The number of rotatable bonds is 3. The van der Waals surface area contributed by atoms with Gasteiger partial charge in [0.25, 0.3) is 5.91 Å². The molecule has 2 aromatic rings. The molecule has 4 rings (SSSR count). The Morgan fingerprint density at radius 1 is 1.17 bits per heavy atom. The van der Waals surface area contributed by atoms with E-state index in [9.17, 15) is 18.0 Å². The van der Waals surface area contributed by atoms with Gasteiger partial charge in [0, 0.05) is 24.7 Å². The molecule has 0 bridgehead atoms. The largest absolute Gasteiger partial charge is 0.483 e. The minimum absolute atomic E-state index is 0.165. The predicted molar refractivity (Wildman–Crippen MR) is 102 cm³/mol. The molecule has 1 spiro atoms. The first-order valence-corrected chi connectivity index (χ1v) is 9.52. The van der Waals surface area contributed by atoms with Crippen LogP contribution >= 0.6 is 0 Å². The Morgan fingerprint density at radius 3 is 2.62 bits per heavy atom. The van der Waals surface area contributed by atoms with Crippen molar-refractivity contribution >= 4 is 11.5 Å². The van der Waals surface area contributed by atoms with Gasteiger partial charge in [0.05, 0.1) is 11.3 Å². The highest BCUT2D eigenvalue weighted by Crippen LogP contribution is 2.45. The van der Waals surface area contributed by atoms with E-state index in [0.29, 0.717) is 13.1 Å². The maximum atomic E-state index is 13.1. The van der Waals surface area contributed by atoms with Crippen LogP contribution < -0.4 is 4.74 Å². The molecular formula is C22H21F3N2O2. The molecule has 0 saturated carbocycles. The maximum absolute atomic E-state index is 13.1. The molecule has 0 N–H and O–H groups in total. The first-order chi connectivity index (χ1) is 13.8. The fraction of sp³-hybridized carbons (Fsp3) is 0.364. The van der Waals surface area contributed by atoms with Crippen LogP contribution in [-0.2, 0) is 16.4 Å². The monoisotopic (exact) mass is 402 g/mol. The summed E-state index contributed by atoms with van der Waals surface area (Å²) in [6, 6.07) is 8.92. The number of piperidine rings is 1. The zero-order chi connectivity index (χ0) is 20.6. The van der Waals surface area contributed by atoms with Crippen molar-refractivity contribution in [2.75, 3.05) is 19.7 Å². The molecule has 29 heavy (non-hydrogen) atoms. The fourth-order valence-corrected chi connectivity index (χ4v) is 4.27. The van der Waals surface area contributed by atoms with Gasteiger partial charge in [-0.1, -0.05) is 24.3 Å². The van der Waals surface area contributed by atoms with E-state index in [-0.39, 0.29) is 17.1 Å². The highest BCUT2D eigenvalue weighted by atomic mass is 19.4. The molecule has 1 saturated heterocycles. The smallest absolute Gasteiger partial charge is 0.419 e. The Labute approximate surface area is 167 Å². The molecule has 2 aliphatic rings. The predicted octanol–water partition coefficient (Wildman–Crippen LogP) is 4.46. The number of aromatic nitrogens is 1. The summed E-state index contributed by atoms with van der Waals surface area (Å²) in [5, 5.41) is 0. The van der Waals surface area contributed by atoms with Crippen LogP contribution in [0.15, 0.2) is 48.7 Å². The van der Waals surface area contributed by atoms with Gasteiger partial charge in [-0.2, -0.15) is 13.2 Å². The van der Waals surface area contributed by atoms with Crippen LogP contribution in [0.2, 0.25) is 0 Å². The summed E-state index contributed by atoms with van der Waals surface area (Å²) < 4.78 is 44.4. The third-order valence-electron chi connectivity index (χ3n) is 5.75. The molecule has 1 aliphatic carbocycles. The van der Waals surface area contributed by atoms with Crippen LogP contribution in [0.4, 0.5) is 13.2 Å². The number of allylic oxidation sites excluding steroid dienone is 2. The van der Waals surface area contributed by atoms with Crippen molar-refractivity contribution < 1.29 is 22.7 Å². The van der Waals surface area contributed by atoms with Crippen LogP contribution in [0.1, 0.15) is 36.6 Å². The van der Waals surface area contributed by atoms with Gasteiger partial charge < -0.3 is 9.64 Å². The molecule has 0 unspecified atom stereocenters. The third-order valence-corrected chi connectivity index (χ3v) is 5.75. The van der Waals surface area contributed by atoms with E-state index in [0.717, 1.165) is 30.2 Å². The van der Waals surface area contributed by atoms with Gasteiger partial charge in [-0.3, -0.25) is 9.78 Å². The molecule has 1 aliphatic heterocycles. The normalized spacial score (nSPS) is 17.8. The number of hydrogen-bond donors (Lipinski definition) is 0. The van der Waals surface area contributed by atoms with Crippen LogP contribution in [0, 0.1) is 0 Å². The lowest BCUT2D eigenvalue weighted by molar-refractivity contribution is -0.141. The third kappa shape index (κ3) is 3.61. The van der Waals surface area contributed by atoms with Crippen molar-refractivity contribution in [3.63, 3.8) is 0 Å². The fourth-order valence-electron chi connectivity index (χ4n) is 4.27. The van der Waals surface area contributed by atoms with E-state index in [1.165, 1.54) is 23.8 Å². The van der Waals surface area contributed by atoms with E-state index in [1.807, 2.05) is 6.07 Å². The molecule has 0 atom stereocenters. The Balaban J connectivity index is 1.40. The first kappa shape index (κ1) is 19.5. The number of alkyl halides is 3. The second-order valence-corrected chi connectivity index (χ2v) is 7.55. The number of carbonyl (C=O) groups excluding carboxylic acids is 1. The number of benzene rings is 1. The quantitative estimate of drug-likeness (QED) is 0.762. The van der Waals surface area contributed by atoms with Crippen molar-refractivity contribution in [1.29, 1.82) is 0 Å². The Kier molecular flexibility index (Phi) is 4.84. The molecule has 2 heterocycles. The maximum Gasteiger partial charge on any atom is 0.419 e. The number of halogens is 3. The number of fused-ring (bicyclic) bond motifs is 2. The zero-order valence-corrected chi connectivity index (χ0v) is 16.0. The van der Waals surface area contributed by atoms with Crippen molar-refractivity contribution in [1.82, 2.24) is 9.88 Å². The first-order valence-electron chi connectivity index (χ1n) is 9.52. The van der Waals surface area contributed by atoms with Gasteiger partial charge in [0.1, 0.15) is 5.75 Å². The second kappa shape index (κ2) is 7.21. The van der Waals surface area contributed by atoms with Crippen LogP contribution in [0.5, 0.6) is 5.75 Å². The lowest BCUT2D eigenvalue weighted by atomic mass is 9.77. The lowest BCUT2D eigenvalue weighted by Crippen LogP contribution is -2.45. The molecular weight excluding hydrogens is 381 g/mol. The standard InChI is InChI=1S/C22H21F3N2O2/c1-15-13-21(20-16(15)5-4-10-26-20)8-11-27(12-9-21)19(28)14-29-18-7-3-2-6-17(18)22(23,24)25/h2-7,10,13H,8-9,11-12,14H2,1H3. The summed E-state index contributed by atoms with van der Waals surface area (Å²) in [7, 11) is 0. The lowest BCUT2D eigenvalue weighted by Gasteiger charge is -2.38. The van der Waals surface area contributed by atoms with Gasteiger partial charge in [0.15, 0.2) is 6.61 Å². The molecule has 1 fully saturated rings. The Bertz CT molecular complexity index is 961. The number of carbonyl (C=O) groups is 1. The number of hydrogen-bond acceptors (Lipinski definition) is 3. The summed E-state index contributed by atoms with van der Waals surface area (Å²) in [5.41, 5.74) is 2.36. The van der Waals surface area contributed by atoms with Crippen molar-refractivity contribution in [3.05, 3.63) is 65.5 Å². The number of nitrogens with zero attached hydrogens (tertiary/aromatic N) is 2. The van der Waals surface area contributed by atoms with Gasteiger partial charge in [-0.05, 0) is 49.1 Å². The summed E-state index contributed by atoms with van der Waals surface area (Å²) >= 11 is 0. The van der Waals surface area contributed by atoms with Crippen LogP contribution in [-0.4, -0.2) is 35.5 Å². The summed E-state index contributed by atoms with van der Waals surface area (Å²) in [5.74, 6) is -0.633. The summed E-state index contributed by atoms with van der Waals surface area (Å²) in [6.45, 7) is 2.69. The molecule has 1 amide bonds. The number of pyridine rings is 1. The topological polar surface area (TPSA) is 42.4 Å². The molecule has 1 aromatic carbocycles. The van der Waals surface area contributed by atoms with E-state index in [4.69, 9.17) is 4.74 Å². The minimum atomic E-state index is -4.52. The Hall–Kier alpha value is -2.83. The highest BCUT2D eigenvalue weighted by molar-refractivity contribution is 5.78. The SMILES string of the molecule is CC1=CC2(CCN(C(=O)COc3ccccc3C(F)(F)F)CC2)c2ncccc21. The molecule has 152 valence electrons. The number of likely N-dealkylation sites (tertiary alicyclic amines) is 1. The van der Waals surface area contributed by atoms with Crippen LogP contribution in [0.25, 0.3) is 5.57 Å². The highest BCUT2D eigenvalue weighted by Gasteiger charge is 2.42. The minimum Gasteiger partial charge on any atom is -0.483 e. The van der Waals surface area contributed by atoms with Gasteiger partial charge in [-0.15, -0.1) is 0 Å². The Morgan fingerprint density at radius 2 is 1.90 bits per heavy atom. The van der Waals surface area contributed by atoms with Gasteiger partial charge in [-0.25, -0.2) is 0 Å². The van der Waals surface area contributed by atoms with Crippen molar-refractivity contribution in [3.8, 4) is 5.75 Å². The van der Waals surface area contributed by atoms with Crippen molar-refractivity contribution in [2.45, 2.75) is 31.4 Å². The van der Waals surface area contributed by atoms with Crippen molar-refractivity contribution in [2.24, 2.45) is 0 Å². The van der Waals surface area contributed by atoms with E-state index in [2.05, 4.69) is 24.1 Å². The molecule has 1 aromatic heterocycles. The van der Waals surface area contributed by atoms with Crippen LogP contribution in [0.3, 0.4) is 0 Å². The van der Waals surface area contributed by atoms with Gasteiger partial charge in [0.2, 0.25) is 0 Å². The zero-order valence-electron chi connectivity index (χ0n) is 16.0.